The van der Waals surface area contributed by atoms with Crippen LogP contribution in [0.3, 0.4) is 0 Å². The summed E-state index contributed by atoms with van der Waals surface area (Å²) in [4.78, 5) is 10.7. The Bertz CT molecular complexity index is 1260. The molecule has 3 nitrogen and oxygen atoms in total. The van der Waals surface area contributed by atoms with Crippen LogP contribution in [-0.2, 0) is 0 Å². The summed E-state index contributed by atoms with van der Waals surface area (Å²) >= 11 is 0. The topological polar surface area (TPSA) is 43.1 Å². The van der Waals surface area contributed by atoms with Gasteiger partial charge >= 0.3 is 0 Å². The van der Waals surface area contributed by atoms with Crippen molar-refractivity contribution in [1.82, 2.24) is 0 Å². The van der Waals surface area contributed by atoms with Crippen LogP contribution in [0.2, 0.25) is 0 Å². The van der Waals surface area contributed by atoms with Gasteiger partial charge in [0.1, 0.15) is 17.9 Å². The van der Waals surface area contributed by atoms with E-state index < -0.39 is 7.26 Å². The standard InChI is InChI=1S/C31H31NO2P/c1-3-4-5-6-7-13-23-35(30-18-9-8-10-19-30,31-20-12-11-15-27(2)24-31)26-29-17-14-16-28(21-22-29)25-32(33)34/h3-5,7-15,17-24,27H,25-26H2,1-2H3/q+1/b4-3-,23-13+. The molecule has 1 aromatic rings. The molecule has 35 heavy (non-hydrogen) atoms. The van der Waals surface area contributed by atoms with Crippen molar-refractivity contribution in [3.05, 3.63) is 159 Å². The minimum Gasteiger partial charge on any atom is -0.264 e. The number of nitrogens with zero attached hydrogens (tertiary/aromatic N) is 1. The zero-order valence-corrected chi connectivity index (χ0v) is 21.1. The molecule has 0 radical (unpaired) electrons. The van der Waals surface area contributed by atoms with Gasteiger partial charge in [0.15, 0.2) is 0 Å². The Kier molecular flexibility index (Phi) is 9.79. The van der Waals surface area contributed by atoms with Crippen molar-refractivity contribution in [2.45, 2.75) is 13.8 Å². The first kappa shape index (κ1) is 25.9. The van der Waals surface area contributed by atoms with Crippen LogP contribution >= 0.6 is 7.26 Å². The molecule has 176 valence electrons. The van der Waals surface area contributed by atoms with Crippen molar-refractivity contribution in [3.63, 3.8) is 0 Å². The Morgan fingerprint density at radius 2 is 1.91 bits per heavy atom. The Labute approximate surface area is 209 Å². The van der Waals surface area contributed by atoms with E-state index >= 15 is 0 Å². The Morgan fingerprint density at radius 3 is 2.69 bits per heavy atom. The molecule has 2 aliphatic rings. The first-order valence-electron chi connectivity index (χ1n) is 11.7. The average Bonchev–Trinajstić information content (AvgIpc) is 3.21. The van der Waals surface area contributed by atoms with Crippen LogP contribution in [0.25, 0.3) is 0 Å². The molecule has 0 amide bonds. The predicted octanol–water partition coefficient (Wildman–Crippen LogP) is 7.63. The molecular formula is C31H31NO2P+. The smallest absolute Gasteiger partial charge is 0.235 e. The first-order valence-corrected chi connectivity index (χ1v) is 13.7. The van der Waals surface area contributed by atoms with E-state index in [2.05, 4.69) is 84.9 Å². The van der Waals surface area contributed by atoms with Crippen LogP contribution < -0.4 is 5.30 Å². The van der Waals surface area contributed by atoms with Crippen molar-refractivity contribution in [3.8, 4) is 0 Å². The zero-order chi connectivity index (χ0) is 24.9. The van der Waals surface area contributed by atoms with E-state index in [0.29, 0.717) is 11.5 Å². The van der Waals surface area contributed by atoms with Gasteiger partial charge in [-0.05, 0) is 79.2 Å². The van der Waals surface area contributed by atoms with E-state index in [0.717, 1.165) is 11.7 Å². The molecule has 2 aliphatic carbocycles. The Balaban J connectivity index is 2.12. The van der Waals surface area contributed by atoms with Crippen molar-refractivity contribution in [1.29, 1.82) is 0 Å². The van der Waals surface area contributed by atoms with Gasteiger partial charge in [0.05, 0.1) is 17.6 Å². The Hall–Kier alpha value is -3.73. The molecule has 0 N–H and O–H groups in total. The quantitative estimate of drug-likeness (QED) is 0.120. The van der Waals surface area contributed by atoms with Gasteiger partial charge in [0.25, 0.3) is 0 Å². The lowest BCUT2D eigenvalue weighted by Crippen LogP contribution is -2.15. The SMILES string of the molecule is C/C=C\C=C=C/C=C/[P+](CC1=CC=C=C(C[N+](=O)[O-])C=C1)(C1=CC(C)C=CC=C1)c1ccccc1. The number of hydrogen-bond donors (Lipinski definition) is 0. The van der Waals surface area contributed by atoms with Gasteiger partial charge in [-0.2, -0.15) is 0 Å². The van der Waals surface area contributed by atoms with Crippen molar-refractivity contribution >= 4 is 12.6 Å². The summed E-state index contributed by atoms with van der Waals surface area (Å²) in [5.74, 6) is 2.66. The maximum Gasteiger partial charge on any atom is 0.235 e. The van der Waals surface area contributed by atoms with Crippen LogP contribution in [-0.4, -0.2) is 17.6 Å². The summed E-state index contributed by atoms with van der Waals surface area (Å²) in [6.07, 6.45) is 29.4. The molecule has 0 aliphatic heterocycles. The van der Waals surface area contributed by atoms with Crippen LogP contribution in [0.1, 0.15) is 13.8 Å². The molecule has 0 fully saturated rings. The van der Waals surface area contributed by atoms with E-state index in [-0.39, 0.29) is 11.5 Å². The molecule has 0 aromatic heterocycles. The summed E-state index contributed by atoms with van der Waals surface area (Å²) in [6.45, 7) is 3.95. The molecule has 3 rings (SSSR count). The normalized spacial score (nSPS) is 18.8. The lowest BCUT2D eigenvalue weighted by atomic mass is 10.2. The highest BCUT2D eigenvalue weighted by Crippen LogP contribution is 2.68. The highest BCUT2D eigenvalue weighted by molar-refractivity contribution is 7.89. The van der Waals surface area contributed by atoms with E-state index in [1.165, 1.54) is 10.6 Å². The molecule has 4 heteroatoms. The van der Waals surface area contributed by atoms with Gasteiger partial charge in [-0.1, -0.05) is 61.6 Å². The van der Waals surface area contributed by atoms with E-state index in [4.69, 9.17) is 0 Å². The number of nitro groups is 1. The number of hydrogen-bond acceptors (Lipinski definition) is 2. The van der Waals surface area contributed by atoms with Crippen LogP contribution in [0.15, 0.2) is 149 Å². The zero-order valence-electron chi connectivity index (χ0n) is 20.2. The van der Waals surface area contributed by atoms with Crippen molar-refractivity contribution in [2.75, 3.05) is 12.7 Å². The lowest BCUT2D eigenvalue weighted by molar-refractivity contribution is -0.470. The molecule has 0 bridgehead atoms. The van der Waals surface area contributed by atoms with Gasteiger partial charge < -0.3 is 0 Å². The van der Waals surface area contributed by atoms with Gasteiger partial charge in [-0.15, -0.1) is 11.5 Å². The fourth-order valence-electron chi connectivity index (χ4n) is 3.94. The minimum absolute atomic E-state index is 0.229. The number of rotatable bonds is 9. The third-order valence-electron chi connectivity index (χ3n) is 5.62. The molecule has 0 spiro atoms. The third-order valence-corrected chi connectivity index (χ3v) is 9.60. The largest absolute Gasteiger partial charge is 0.264 e. The van der Waals surface area contributed by atoms with Gasteiger partial charge in [0, 0.05) is 4.92 Å². The summed E-state index contributed by atoms with van der Waals surface area (Å²) < 4.78 is 0. The fraction of sp³-hybridized carbons (Fsp3) is 0.161. The number of allylic oxidation sites excluding steroid dienone is 13. The lowest BCUT2D eigenvalue weighted by Gasteiger charge is -2.26. The van der Waals surface area contributed by atoms with E-state index in [1.54, 1.807) is 6.08 Å². The fourth-order valence-corrected chi connectivity index (χ4v) is 7.78. The van der Waals surface area contributed by atoms with Gasteiger partial charge in [-0.25, -0.2) is 0 Å². The molecule has 0 saturated carbocycles. The van der Waals surface area contributed by atoms with Crippen molar-refractivity contribution < 1.29 is 4.92 Å². The molecule has 2 atom stereocenters. The minimum atomic E-state index is -2.04. The number of benzene rings is 1. The van der Waals surface area contributed by atoms with E-state index in [9.17, 15) is 10.1 Å². The second kappa shape index (κ2) is 13.2. The predicted molar refractivity (Wildman–Crippen MR) is 151 cm³/mol. The summed E-state index contributed by atoms with van der Waals surface area (Å²) in [6, 6.07) is 10.7. The summed E-state index contributed by atoms with van der Waals surface area (Å²) in [5, 5.41) is 13.6. The third kappa shape index (κ3) is 7.64. The molecular weight excluding hydrogens is 449 g/mol. The maximum atomic E-state index is 11.0. The highest BCUT2D eigenvalue weighted by Gasteiger charge is 2.42. The molecule has 0 saturated heterocycles. The van der Waals surface area contributed by atoms with Crippen LogP contribution in [0.4, 0.5) is 0 Å². The molecule has 0 heterocycles. The summed E-state index contributed by atoms with van der Waals surface area (Å²) in [5.41, 5.74) is 7.95. The van der Waals surface area contributed by atoms with E-state index in [1.807, 2.05) is 55.5 Å². The van der Waals surface area contributed by atoms with Gasteiger partial charge in [-0.3, -0.25) is 10.1 Å². The first-order chi connectivity index (χ1) is 17.0. The average molecular weight is 481 g/mol. The Morgan fingerprint density at radius 1 is 1.11 bits per heavy atom. The van der Waals surface area contributed by atoms with Crippen LogP contribution in [0.5, 0.6) is 0 Å². The van der Waals surface area contributed by atoms with Gasteiger partial charge in [0.2, 0.25) is 6.54 Å². The van der Waals surface area contributed by atoms with Crippen LogP contribution in [0, 0.1) is 16.0 Å². The highest BCUT2D eigenvalue weighted by atomic mass is 31.2. The maximum absolute atomic E-state index is 11.0. The molecule has 1 aromatic carbocycles. The second-order valence-corrected chi connectivity index (χ2v) is 11.7. The second-order valence-electron chi connectivity index (χ2n) is 8.33. The summed E-state index contributed by atoms with van der Waals surface area (Å²) in [7, 11) is -2.04. The monoisotopic (exact) mass is 480 g/mol. The van der Waals surface area contributed by atoms with Crippen molar-refractivity contribution in [2.24, 2.45) is 5.92 Å². The molecule has 2 unspecified atom stereocenters.